The van der Waals surface area contributed by atoms with Gasteiger partial charge in [-0.15, -0.1) is 0 Å². The Morgan fingerprint density at radius 3 is 3.00 bits per heavy atom. The number of allylic oxidation sites excluding steroid dienone is 2. The molecule has 0 bridgehead atoms. The first-order valence-electron chi connectivity index (χ1n) is 5.28. The molecular weight excluding hydrogens is 183 g/mol. The third-order valence-electron chi connectivity index (χ3n) is 2.58. The minimum absolute atomic E-state index is 0.220. The van der Waals surface area contributed by atoms with Gasteiger partial charge in [-0.05, 0) is 25.2 Å². The molecule has 0 saturated heterocycles. The Hall–Kier alpha value is -0.860. The van der Waals surface area contributed by atoms with Gasteiger partial charge in [0.2, 0.25) is 0 Å². The zero-order valence-corrected chi connectivity index (χ0v) is 8.54. The molecule has 1 aliphatic rings. The van der Waals surface area contributed by atoms with Crippen LogP contribution in [0.2, 0.25) is 0 Å². The van der Waals surface area contributed by atoms with Crippen molar-refractivity contribution in [1.29, 1.82) is 0 Å². The Balaban J connectivity index is 2.06. The normalized spacial score (nSPS) is 25.3. The van der Waals surface area contributed by atoms with E-state index in [1.165, 1.54) is 19.3 Å². The summed E-state index contributed by atoms with van der Waals surface area (Å²) in [5.74, 6) is -0.712. The second kappa shape index (κ2) is 5.78. The smallest absolute Gasteiger partial charge is 0.255 e. The number of unbranched alkanes of at least 4 members (excludes halogenated alkanes) is 3. The van der Waals surface area contributed by atoms with Crippen LogP contribution in [0, 0.1) is 11.8 Å². The molecule has 0 aromatic heterocycles. The molecule has 0 heterocycles. The topological polar surface area (TPSA) is 26.3 Å². The van der Waals surface area contributed by atoms with Gasteiger partial charge in [-0.1, -0.05) is 31.9 Å². The van der Waals surface area contributed by atoms with Crippen LogP contribution in [0.4, 0.5) is 4.53 Å². The molecule has 0 aliphatic heterocycles. The van der Waals surface area contributed by atoms with Gasteiger partial charge >= 0.3 is 5.97 Å². The summed E-state index contributed by atoms with van der Waals surface area (Å²) in [6.45, 7) is 2.16. The molecule has 1 saturated carbocycles. The lowest BCUT2D eigenvalue weighted by molar-refractivity contribution is -0.185. The number of carbonyl (C=O) groups is 1. The molecule has 2 nitrogen and oxygen atoms in total. The highest BCUT2D eigenvalue weighted by molar-refractivity contribution is 5.75. The van der Waals surface area contributed by atoms with E-state index in [-0.39, 0.29) is 11.8 Å². The van der Waals surface area contributed by atoms with Crippen molar-refractivity contribution in [2.75, 3.05) is 0 Å². The molecule has 0 amide bonds. The Bertz CT molecular complexity index is 213. The van der Waals surface area contributed by atoms with E-state index in [1.807, 2.05) is 6.08 Å². The summed E-state index contributed by atoms with van der Waals surface area (Å²) in [6, 6.07) is 0. The molecule has 14 heavy (non-hydrogen) atoms. The van der Waals surface area contributed by atoms with Crippen LogP contribution in [-0.2, 0) is 9.74 Å². The third kappa shape index (κ3) is 3.48. The fraction of sp³-hybridized carbons (Fsp3) is 0.727. The van der Waals surface area contributed by atoms with Crippen molar-refractivity contribution in [3.05, 3.63) is 12.2 Å². The van der Waals surface area contributed by atoms with Crippen molar-refractivity contribution in [1.82, 2.24) is 0 Å². The highest BCUT2D eigenvalue weighted by atomic mass is 19.3. The van der Waals surface area contributed by atoms with Crippen LogP contribution in [0.15, 0.2) is 12.2 Å². The first kappa shape index (κ1) is 11.2. The summed E-state index contributed by atoms with van der Waals surface area (Å²) in [4.78, 5) is 13.9. The summed E-state index contributed by atoms with van der Waals surface area (Å²) >= 11 is 0. The van der Waals surface area contributed by atoms with Gasteiger partial charge < -0.3 is 0 Å². The molecule has 1 fully saturated rings. The van der Waals surface area contributed by atoms with E-state index in [9.17, 15) is 9.32 Å². The maximum Gasteiger partial charge on any atom is 0.352 e. The van der Waals surface area contributed by atoms with Crippen LogP contribution in [0.1, 0.15) is 39.0 Å². The number of halogens is 1. The van der Waals surface area contributed by atoms with Crippen LogP contribution < -0.4 is 0 Å². The second-order valence-corrected chi connectivity index (χ2v) is 3.83. The zero-order valence-electron chi connectivity index (χ0n) is 8.54. The lowest BCUT2D eigenvalue weighted by Gasteiger charge is -1.91. The average molecular weight is 200 g/mol. The highest BCUT2D eigenvalue weighted by Gasteiger charge is 2.43. The van der Waals surface area contributed by atoms with E-state index in [1.54, 1.807) is 0 Å². The SMILES string of the molecule is CCCCC/C=C\C1C[C@@H]1C(=O)OF. The fourth-order valence-electron chi connectivity index (χ4n) is 1.54. The summed E-state index contributed by atoms with van der Waals surface area (Å²) in [5, 5.41) is 0. The van der Waals surface area contributed by atoms with E-state index in [0.29, 0.717) is 0 Å². The molecule has 1 rings (SSSR count). The van der Waals surface area contributed by atoms with E-state index in [4.69, 9.17) is 0 Å². The van der Waals surface area contributed by atoms with Gasteiger partial charge in [0.1, 0.15) is 0 Å². The molecule has 0 aromatic rings. The van der Waals surface area contributed by atoms with Crippen LogP contribution in [0.25, 0.3) is 0 Å². The maximum atomic E-state index is 11.5. The van der Waals surface area contributed by atoms with Crippen LogP contribution in [-0.4, -0.2) is 5.97 Å². The van der Waals surface area contributed by atoms with Crippen LogP contribution in [0.3, 0.4) is 0 Å². The predicted molar refractivity (Wildman–Crippen MR) is 52.1 cm³/mol. The molecule has 2 atom stereocenters. The van der Waals surface area contributed by atoms with Crippen molar-refractivity contribution >= 4 is 5.97 Å². The molecular formula is C11H17FO2. The Morgan fingerprint density at radius 2 is 2.36 bits per heavy atom. The predicted octanol–water partition coefficient (Wildman–Crippen LogP) is 3.19. The largest absolute Gasteiger partial charge is 0.352 e. The second-order valence-electron chi connectivity index (χ2n) is 3.83. The van der Waals surface area contributed by atoms with Crippen molar-refractivity contribution in [2.45, 2.75) is 39.0 Å². The van der Waals surface area contributed by atoms with Gasteiger partial charge in [-0.25, -0.2) is 4.79 Å². The standard InChI is InChI=1S/C11H17FO2/c1-2-3-4-5-6-7-9-8-10(9)11(13)14-12/h6-7,9-10H,2-5,8H2,1H3/b7-6-/t9?,10-/m0/s1. The van der Waals surface area contributed by atoms with E-state index < -0.39 is 5.97 Å². The molecule has 1 aliphatic carbocycles. The van der Waals surface area contributed by atoms with Gasteiger partial charge in [0.15, 0.2) is 0 Å². The van der Waals surface area contributed by atoms with Gasteiger partial charge in [0.05, 0.1) is 5.92 Å². The summed E-state index contributed by atoms with van der Waals surface area (Å²) < 4.78 is 11.5. The third-order valence-corrected chi connectivity index (χ3v) is 2.58. The monoisotopic (exact) mass is 200 g/mol. The highest BCUT2D eigenvalue weighted by Crippen LogP contribution is 2.40. The Morgan fingerprint density at radius 1 is 1.57 bits per heavy atom. The minimum atomic E-state index is -0.715. The van der Waals surface area contributed by atoms with Crippen LogP contribution >= 0.6 is 0 Å². The lowest BCUT2D eigenvalue weighted by Crippen LogP contribution is -2.00. The Labute approximate surface area is 84.0 Å². The summed E-state index contributed by atoms with van der Waals surface area (Å²) in [6.07, 6.45) is 9.55. The van der Waals surface area contributed by atoms with Crippen molar-refractivity contribution in [2.24, 2.45) is 11.8 Å². The average Bonchev–Trinajstić information content (AvgIpc) is 2.96. The van der Waals surface area contributed by atoms with Gasteiger partial charge in [0.25, 0.3) is 0 Å². The number of hydrogen-bond acceptors (Lipinski definition) is 2. The van der Waals surface area contributed by atoms with E-state index in [2.05, 4.69) is 17.9 Å². The number of hydrogen-bond donors (Lipinski definition) is 0. The van der Waals surface area contributed by atoms with Crippen molar-refractivity contribution in [3.8, 4) is 0 Å². The fourth-order valence-corrected chi connectivity index (χ4v) is 1.54. The minimum Gasteiger partial charge on any atom is -0.255 e. The van der Waals surface area contributed by atoms with Gasteiger partial charge in [0, 0.05) is 4.53 Å². The lowest BCUT2D eigenvalue weighted by atomic mass is 10.2. The van der Waals surface area contributed by atoms with E-state index >= 15 is 0 Å². The van der Waals surface area contributed by atoms with Gasteiger partial charge in [-0.3, -0.25) is 4.94 Å². The van der Waals surface area contributed by atoms with Crippen molar-refractivity contribution in [3.63, 3.8) is 0 Å². The Kier molecular flexibility index (Phi) is 4.63. The molecule has 0 N–H and O–H groups in total. The summed E-state index contributed by atoms with van der Waals surface area (Å²) in [7, 11) is 0. The molecule has 80 valence electrons. The maximum absolute atomic E-state index is 11.5. The molecule has 0 aromatic carbocycles. The van der Waals surface area contributed by atoms with Crippen molar-refractivity contribution < 1.29 is 14.3 Å². The van der Waals surface area contributed by atoms with E-state index in [0.717, 1.165) is 12.8 Å². The molecule has 0 radical (unpaired) electrons. The quantitative estimate of drug-likeness (QED) is 0.486. The first-order valence-corrected chi connectivity index (χ1v) is 5.28. The molecule has 1 unspecified atom stereocenters. The first-order chi connectivity index (χ1) is 6.79. The molecule has 3 heteroatoms. The van der Waals surface area contributed by atoms with Gasteiger partial charge in [-0.2, -0.15) is 0 Å². The zero-order chi connectivity index (χ0) is 10.4. The molecule has 0 spiro atoms. The van der Waals surface area contributed by atoms with Crippen LogP contribution in [0.5, 0.6) is 0 Å². The number of rotatable bonds is 6. The number of carbonyl (C=O) groups excluding carboxylic acids is 1. The summed E-state index contributed by atoms with van der Waals surface area (Å²) in [5.41, 5.74) is 0.